The highest BCUT2D eigenvalue weighted by Crippen LogP contribution is 2.40. The molecule has 1 aromatic rings. The molecule has 88 valence electrons. The molecule has 0 amide bonds. The molecule has 1 aliphatic heterocycles. The maximum absolute atomic E-state index is 5.44. The van der Waals surface area contributed by atoms with Crippen LogP contribution in [0.5, 0.6) is 5.75 Å². The van der Waals surface area contributed by atoms with Crippen molar-refractivity contribution in [2.75, 3.05) is 26.0 Å². The van der Waals surface area contributed by atoms with E-state index >= 15 is 0 Å². The molecule has 2 N–H and O–H groups in total. The van der Waals surface area contributed by atoms with Crippen LogP contribution < -0.4 is 15.4 Å². The second-order valence-corrected chi connectivity index (χ2v) is 4.42. The van der Waals surface area contributed by atoms with E-state index < -0.39 is 0 Å². The molecule has 2 rings (SSSR count). The van der Waals surface area contributed by atoms with Crippen LogP contribution in [0.15, 0.2) is 18.2 Å². The van der Waals surface area contributed by atoms with Crippen LogP contribution in [0.25, 0.3) is 0 Å². The molecule has 3 nitrogen and oxygen atoms in total. The molecule has 1 aromatic carbocycles. The molecular weight excluding hydrogens is 200 g/mol. The number of anilines is 1. The molecule has 1 aliphatic rings. The van der Waals surface area contributed by atoms with Gasteiger partial charge in [-0.1, -0.05) is 6.07 Å². The van der Waals surface area contributed by atoms with Crippen LogP contribution in [0, 0.1) is 0 Å². The maximum Gasteiger partial charge on any atom is 0.124 e. The monoisotopic (exact) mass is 220 g/mol. The van der Waals surface area contributed by atoms with Gasteiger partial charge in [-0.3, -0.25) is 0 Å². The topological polar surface area (TPSA) is 33.3 Å². The number of hydrogen-bond donors (Lipinski definition) is 2. The van der Waals surface area contributed by atoms with Crippen molar-refractivity contribution in [3.8, 4) is 5.75 Å². The van der Waals surface area contributed by atoms with Gasteiger partial charge in [0, 0.05) is 29.8 Å². The minimum atomic E-state index is 0.530. The van der Waals surface area contributed by atoms with E-state index in [1.807, 2.05) is 19.2 Å². The lowest BCUT2D eigenvalue weighted by atomic mass is 9.94. The maximum atomic E-state index is 5.44. The molecule has 0 aliphatic carbocycles. The SMILES string of the molecule is CNC(C)CC1CNc2cccc(OC)c21. The molecule has 0 spiro atoms. The van der Waals surface area contributed by atoms with Gasteiger partial charge in [0.15, 0.2) is 0 Å². The van der Waals surface area contributed by atoms with Gasteiger partial charge in [-0.05, 0) is 32.5 Å². The highest BCUT2D eigenvalue weighted by atomic mass is 16.5. The van der Waals surface area contributed by atoms with Crippen molar-refractivity contribution in [1.29, 1.82) is 0 Å². The van der Waals surface area contributed by atoms with Crippen molar-refractivity contribution in [2.24, 2.45) is 0 Å². The fourth-order valence-electron chi connectivity index (χ4n) is 2.38. The summed E-state index contributed by atoms with van der Waals surface area (Å²) in [6, 6.07) is 6.74. The van der Waals surface area contributed by atoms with Gasteiger partial charge in [0.1, 0.15) is 5.75 Å². The highest BCUT2D eigenvalue weighted by molar-refractivity contribution is 5.63. The number of methoxy groups -OCH3 is 1. The molecule has 0 bridgehead atoms. The largest absolute Gasteiger partial charge is 0.496 e. The Hall–Kier alpha value is -1.22. The normalized spacial score (nSPS) is 20.1. The zero-order chi connectivity index (χ0) is 11.5. The van der Waals surface area contributed by atoms with E-state index in [1.165, 1.54) is 11.3 Å². The van der Waals surface area contributed by atoms with Gasteiger partial charge in [-0.15, -0.1) is 0 Å². The molecule has 0 saturated heterocycles. The van der Waals surface area contributed by atoms with E-state index in [0.717, 1.165) is 18.7 Å². The van der Waals surface area contributed by atoms with Crippen molar-refractivity contribution < 1.29 is 4.74 Å². The molecule has 16 heavy (non-hydrogen) atoms. The Bertz CT molecular complexity index is 365. The summed E-state index contributed by atoms with van der Waals surface area (Å²) in [5.41, 5.74) is 2.57. The first-order valence-electron chi connectivity index (χ1n) is 5.84. The third-order valence-corrected chi connectivity index (χ3v) is 3.36. The Morgan fingerprint density at radius 3 is 3.06 bits per heavy atom. The van der Waals surface area contributed by atoms with Gasteiger partial charge in [0.25, 0.3) is 0 Å². The van der Waals surface area contributed by atoms with Crippen LogP contribution >= 0.6 is 0 Å². The van der Waals surface area contributed by atoms with Gasteiger partial charge in [-0.2, -0.15) is 0 Å². The Balaban J connectivity index is 2.23. The molecule has 0 radical (unpaired) electrons. The van der Waals surface area contributed by atoms with Gasteiger partial charge in [0.05, 0.1) is 7.11 Å². The number of rotatable bonds is 4. The standard InChI is InChI=1S/C13H20N2O/c1-9(14-2)7-10-8-15-11-5-4-6-12(16-3)13(10)11/h4-6,9-10,14-15H,7-8H2,1-3H3. The van der Waals surface area contributed by atoms with Crippen LogP contribution in [0.4, 0.5) is 5.69 Å². The molecular formula is C13H20N2O. The number of fused-ring (bicyclic) bond motifs is 1. The Kier molecular flexibility index (Phi) is 3.34. The molecule has 0 aromatic heterocycles. The number of benzene rings is 1. The van der Waals surface area contributed by atoms with Crippen molar-refractivity contribution >= 4 is 5.69 Å². The highest BCUT2D eigenvalue weighted by Gasteiger charge is 2.26. The summed E-state index contributed by atoms with van der Waals surface area (Å²) in [5, 5.41) is 6.74. The van der Waals surface area contributed by atoms with E-state index in [-0.39, 0.29) is 0 Å². The molecule has 3 heteroatoms. The molecule has 2 unspecified atom stereocenters. The fraction of sp³-hybridized carbons (Fsp3) is 0.538. The first kappa shape index (κ1) is 11.3. The van der Waals surface area contributed by atoms with Gasteiger partial charge in [0.2, 0.25) is 0 Å². The van der Waals surface area contributed by atoms with Crippen LogP contribution in [0.1, 0.15) is 24.8 Å². The third-order valence-electron chi connectivity index (χ3n) is 3.36. The number of nitrogens with one attached hydrogen (secondary N) is 2. The predicted molar refractivity (Wildman–Crippen MR) is 67.4 cm³/mol. The van der Waals surface area contributed by atoms with Crippen molar-refractivity contribution in [2.45, 2.75) is 25.3 Å². The van der Waals surface area contributed by atoms with Crippen LogP contribution in [0.3, 0.4) is 0 Å². The van der Waals surface area contributed by atoms with Crippen LogP contribution in [0.2, 0.25) is 0 Å². The van der Waals surface area contributed by atoms with Crippen LogP contribution in [-0.2, 0) is 0 Å². The number of hydrogen-bond acceptors (Lipinski definition) is 3. The van der Waals surface area contributed by atoms with Crippen molar-refractivity contribution in [3.05, 3.63) is 23.8 Å². The van der Waals surface area contributed by atoms with E-state index in [9.17, 15) is 0 Å². The van der Waals surface area contributed by atoms with Gasteiger partial charge < -0.3 is 15.4 Å². The zero-order valence-electron chi connectivity index (χ0n) is 10.2. The summed E-state index contributed by atoms with van der Waals surface area (Å²) in [6.07, 6.45) is 1.14. The summed E-state index contributed by atoms with van der Waals surface area (Å²) < 4.78 is 5.44. The summed E-state index contributed by atoms with van der Waals surface area (Å²) in [4.78, 5) is 0. The molecule has 0 fully saturated rings. The minimum Gasteiger partial charge on any atom is -0.496 e. The van der Waals surface area contributed by atoms with Gasteiger partial charge >= 0.3 is 0 Å². The Morgan fingerprint density at radius 2 is 2.38 bits per heavy atom. The molecule has 0 saturated carbocycles. The quantitative estimate of drug-likeness (QED) is 0.816. The first-order chi connectivity index (χ1) is 7.76. The van der Waals surface area contributed by atoms with E-state index in [1.54, 1.807) is 7.11 Å². The lowest BCUT2D eigenvalue weighted by Crippen LogP contribution is -2.24. The average Bonchev–Trinajstić information content (AvgIpc) is 2.72. The van der Waals surface area contributed by atoms with Gasteiger partial charge in [-0.25, -0.2) is 0 Å². The van der Waals surface area contributed by atoms with E-state index in [4.69, 9.17) is 4.74 Å². The fourth-order valence-corrected chi connectivity index (χ4v) is 2.38. The van der Waals surface area contributed by atoms with E-state index in [0.29, 0.717) is 12.0 Å². The Morgan fingerprint density at radius 1 is 1.56 bits per heavy atom. The molecule has 1 heterocycles. The summed E-state index contributed by atoms with van der Waals surface area (Å²) in [5.74, 6) is 1.56. The average molecular weight is 220 g/mol. The first-order valence-corrected chi connectivity index (χ1v) is 5.84. The van der Waals surface area contributed by atoms with Crippen molar-refractivity contribution in [1.82, 2.24) is 5.32 Å². The zero-order valence-corrected chi connectivity index (χ0v) is 10.2. The number of ether oxygens (including phenoxy) is 1. The summed E-state index contributed by atoms with van der Waals surface area (Å²) in [7, 11) is 3.75. The van der Waals surface area contributed by atoms with Crippen molar-refractivity contribution in [3.63, 3.8) is 0 Å². The second kappa shape index (κ2) is 4.74. The van der Waals surface area contributed by atoms with Crippen LogP contribution in [-0.4, -0.2) is 26.7 Å². The summed E-state index contributed by atoms with van der Waals surface area (Å²) >= 11 is 0. The molecule has 2 atom stereocenters. The van der Waals surface area contributed by atoms with E-state index in [2.05, 4.69) is 23.6 Å². The lowest BCUT2D eigenvalue weighted by Gasteiger charge is -2.17. The lowest BCUT2D eigenvalue weighted by molar-refractivity contribution is 0.403. The summed E-state index contributed by atoms with van der Waals surface area (Å²) in [6.45, 7) is 3.23. The second-order valence-electron chi connectivity index (χ2n) is 4.42. The Labute approximate surface area is 97.2 Å². The third kappa shape index (κ3) is 2.00. The smallest absolute Gasteiger partial charge is 0.124 e. The predicted octanol–water partition coefficient (Wildman–Crippen LogP) is 2.20. The minimum absolute atomic E-state index is 0.530.